The summed E-state index contributed by atoms with van der Waals surface area (Å²) in [4.78, 5) is 19.7. The van der Waals surface area contributed by atoms with Gasteiger partial charge in [0, 0.05) is 6.42 Å². The fourth-order valence-corrected chi connectivity index (χ4v) is 0.479. The van der Waals surface area contributed by atoms with Crippen LogP contribution in [0.4, 0.5) is 0 Å². The maximum Gasteiger partial charge on any atom is 1.00 e. The van der Waals surface area contributed by atoms with Crippen LogP contribution in [0.3, 0.4) is 0 Å². The molecule has 0 radical (unpaired) electrons. The van der Waals surface area contributed by atoms with Crippen LogP contribution in [0.25, 0.3) is 0 Å². The van der Waals surface area contributed by atoms with Gasteiger partial charge in [-0.2, -0.15) is 6.42 Å². The van der Waals surface area contributed by atoms with E-state index in [-0.39, 0.29) is 57.8 Å². The Labute approximate surface area is 107 Å². The Bertz CT molecular complexity index is 119. The number of carboxylic acid groups (broad SMARTS) is 2. The third-order valence-corrected chi connectivity index (χ3v) is 0.914. The number of aliphatic carboxylic acids is 2. The van der Waals surface area contributed by atoms with Crippen LogP contribution in [0.2, 0.25) is 0 Å². The van der Waals surface area contributed by atoms with Crippen molar-refractivity contribution >= 4 is 11.9 Å². The average Bonchev–Trinajstić information content (AvgIpc) is 1.79. The number of carboxylic acids is 2. The Hall–Kier alpha value is 0.446. The van der Waals surface area contributed by atoms with Crippen molar-refractivity contribution < 1.29 is 71.2 Å². The molecule has 0 aliphatic carbocycles. The molecular formula is C6H9KO4. The first-order valence-corrected chi connectivity index (χ1v) is 2.91. The fourth-order valence-electron chi connectivity index (χ4n) is 0.479. The molecule has 0 saturated carbocycles. The van der Waals surface area contributed by atoms with Crippen LogP contribution in [0, 0.1) is 6.42 Å². The molecule has 0 amide bonds. The molecule has 0 rings (SSSR count). The molecule has 0 spiro atoms. The normalized spacial score (nSPS) is 8.00. The number of rotatable bonds is 5. The van der Waals surface area contributed by atoms with Crippen molar-refractivity contribution in [3.63, 3.8) is 0 Å². The zero-order valence-corrected chi connectivity index (χ0v) is 9.53. The molecule has 4 nitrogen and oxygen atoms in total. The van der Waals surface area contributed by atoms with Crippen molar-refractivity contribution in [3.8, 4) is 0 Å². The number of hydrogen-bond donors (Lipinski definition) is 2. The topological polar surface area (TPSA) is 74.6 Å². The van der Waals surface area contributed by atoms with Gasteiger partial charge >= 0.3 is 57.4 Å². The van der Waals surface area contributed by atoms with E-state index in [1.165, 1.54) is 0 Å². The van der Waals surface area contributed by atoms with E-state index in [2.05, 4.69) is 0 Å². The summed E-state index contributed by atoms with van der Waals surface area (Å²) in [5.41, 5.74) is 0. The van der Waals surface area contributed by atoms with E-state index < -0.39 is 11.9 Å². The van der Waals surface area contributed by atoms with Gasteiger partial charge in [0.05, 0.1) is 0 Å². The first-order valence-electron chi connectivity index (χ1n) is 2.91. The van der Waals surface area contributed by atoms with Crippen molar-refractivity contribution in [1.29, 1.82) is 0 Å². The van der Waals surface area contributed by atoms with Crippen LogP contribution in [0.1, 0.15) is 19.3 Å². The summed E-state index contributed by atoms with van der Waals surface area (Å²) in [5, 5.41) is 16.2. The molecule has 2 N–H and O–H groups in total. The quantitative estimate of drug-likeness (QED) is 0.282. The van der Waals surface area contributed by atoms with Crippen molar-refractivity contribution in [2.75, 3.05) is 0 Å². The SMILES string of the molecule is O=C(O)[CH-]CCCC(=O)O.[K+]. The van der Waals surface area contributed by atoms with Gasteiger partial charge in [0.25, 0.3) is 0 Å². The Kier molecular flexibility index (Phi) is 10.9. The van der Waals surface area contributed by atoms with Crippen molar-refractivity contribution in [3.05, 3.63) is 6.42 Å². The Morgan fingerprint density at radius 1 is 1.27 bits per heavy atom. The monoisotopic (exact) mass is 184 g/mol. The molecule has 0 aromatic heterocycles. The van der Waals surface area contributed by atoms with Crippen LogP contribution >= 0.6 is 0 Å². The summed E-state index contributed by atoms with van der Waals surface area (Å²) in [6.45, 7) is 0. The van der Waals surface area contributed by atoms with Crippen LogP contribution in [-0.4, -0.2) is 22.2 Å². The van der Waals surface area contributed by atoms with Gasteiger partial charge in [-0.15, -0.1) is 0 Å². The minimum absolute atomic E-state index is 0. The fraction of sp³-hybridized carbons (Fsp3) is 0.500. The number of unbranched alkanes of at least 4 members (excludes halogenated alkanes) is 1. The van der Waals surface area contributed by atoms with Crippen LogP contribution in [-0.2, 0) is 9.59 Å². The van der Waals surface area contributed by atoms with Gasteiger partial charge in [0.15, 0.2) is 5.97 Å². The van der Waals surface area contributed by atoms with Gasteiger partial charge in [0.1, 0.15) is 0 Å². The van der Waals surface area contributed by atoms with E-state index in [1.54, 1.807) is 0 Å². The Balaban J connectivity index is 0. The summed E-state index contributed by atoms with van der Waals surface area (Å²) >= 11 is 0. The first kappa shape index (κ1) is 14.0. The van der Waals surface area contributed by atoms with Gasteiger partial charge in [-0.1, -0.05) is 6.42 Å². The smallest absolute Gasteiger partial charge is 0.503 e. The second-order valence-corrected chi connectivity index (χ2v) is 1.83. The zero-order valence-electron chi connectivity index (χ0n) is 6.41. The minimum atomic E-state index is -0.995. The van der Waals surface area contributed by atoms with Crippen molar-refractivity contribution in [2.24, 2.45) is 0 Å². The summed E-state index contributed by atoms with van der Waals surface area (Å²) < 4.78 is 0. The van der Waals surface area contributed by atoms with Gasteiger partial charge in [0.2, 0.25) is 0 Å². The van der Waals surface area contributed by atoms with E-state index >= 15 is 0 Å². The molecule has 0 aliphatic rings. The van der Waals surface area contributed by atoms with E-state index in [0.29, 0.717) is 12.8 Å². The second-order valence-electron chi connectivity index (χ2n) is 1.83. The van der Waals surface area contributed by atoms with Gasteiger partial charge in [-0.3, -0.25) is 16.0 Å². The third-order valence-electron chi connectivity index (χ3n) is 0.914. The van der Waals surface area contributed by atoms with Gasteiger partial charge in [-0.25, -0.2) is 0 Å². The molecule has 0 fully saturated rings. The van der Waals surface area contributed by atoms with E-state index in [0.717, 1.165) is 6.42 Å². The zero-order chi connectivity index (χ0) is 7.98. The van der Waals surface area contributed by atoms with Crippen LogP contribution in [0.15, 0.2) is 0 Å². The van der Waals surface area contributed by atoms with Gasteiger partial charge < -0.3 is 10.2 Å². The minimum Gasteiger partial charge on any atom is -0.503 e. The van der Waals surface area contributed by atoms with Crippen molar-refractivity contribution in [1.82, 2.24) is 0 Å². The molecule has 0 heterocycles. The molecule has 0 aliphatic heterocycles. The molecule has 0 aromatic rings. The number of carbonyl (C=O) groups is 2. The third kappa shape index (κ3) is 13.4. The summed E-state index contributed by atoms with van der Waals surface area (Å²) in [5.74, 6) is -1.89. The maximum atomic E-state index is 9.88. The molecule has 5 heteroatoms. The van der Waals surface area contributed by atoms with Crippen LogP contribution < -0.4 is 51.4 Å². The predicted octanol–water partition coefficient (Wildman–Crippen LogP) is -2.47. The van der Waals surface area contributed by atoms with Gasteiger partial charge in [-0.05, 0) is 0 Å². The molecular weight excluding hydrogens is 175 g/mol. The molecule has 0 unspecified atom stereocenters. The van der Waals surface area contributed by atoms with Crippen molar-refractivity contribution in [2.45, 2.75) is 19.3 Å². The molecule has 0 aromatic carbocycles. The predicted molar refractivity (Wildman–Crippen MR) is 33.4 cm³/mol. The molecule has 58 valence electrons. The van der Waals surface area contributed by atoms with E-state index in [4.69, 9.17) is 10.2 Å². The summed E-state index contributed by atoms with van der Waals surface area (Å²) in [6, 6.07) is 0. The van der Waals surface area contributed by atoms with E-state index in [9.17, 15) is 9.59 Å². The summed E-state index contributed by atoms with van der Waals surface area (Å²) in [6.07, 6.45) is 1.80. The molecule has 0 bridgehead atoms. The standard InChI is InChI=1S/C6H9O4.K/c7-5(8)3-1-2-4-6(9)10;/h3H,1-2,4H2,(H,7,8)(H,9,10);/q-1;+1. The maximum absolute atomic E-state index is 9.88. The van der Waals surface area contributed by atoms with Crippen LogP contribution in [0.5, 0.6) is 0 Å². The average molecular weight is 184 g/mol. The second kappa shape index (κ2) is 8.54. The number of hydrogen-bond acceptors (Lipinski definition) is 2. The summed E-state index contributed by atoms with van der Waals surface area (Å²) in [7, 11) is 0. The van der Waals surface area contributed by atoms with E-state index in [1.807, 2.05) is 0 Å². The Morgan fingerprint density at radius 3 is 2.18 bits per heavy atom. The molecule has 11 heavy (non-hydrogen) atoms. The largest absolute Gasteiger partial charge is 1.00 e. The Morgan fingerprint density at radius 2 is 1.82 bits per heavy atom. The first-order chi connectivity index (χ1) is 4.63. The molecule has 0 atom stereocenters. The molecule has 0 saturated heterocycles.